The molecule has 0 bridgehead atoms. The second-order valence-corrected chi connectivity index (χ2v) is 10.6. The zero-order chi connectivity index (χ0) is 27.3. The molecule has 0 unspecified atom stereocenters. The second-order valence-electron chi connectivity index (χ2n) is 8.71. The lowest BCUT2D eigenvalue weighted by Crippen LogP contribution is -2.44. The number of para-hydroxylation sites is 1. The van der Waals surface area contributed by atoms with Crippen LogP contribution in [0.5, 0.6) is 0 Å². The SMILES string of the molecule is O=C(NCCNC(=O)C1CCN(S(=O)(=O)c2ccccc2)CC1)c1cn(-c2ccccc2)nc1C(F)(F)F. The largest absolute Gasteiger partial charge is 0.435 e. The molecule has 2 heterocycles. The Kier molecular flexibility index (Phi) is 8.17. The van der Waals surface area contributed by atoms with Crippen molar-refractivity contribution in [1.29, 1.82) is 0 Å². The number of aromatic nitrogens is 2. The maximum atomic E-state index is 13.5. The summed E-state index contributed by atoms with van der Waals surface area (Å²) in [5.41, 5.74) is -1.56. The molecule has 0 spiro atoms. The van der Waals surface area contributed by atoms with Gasteiger partial charge in [0.15, 0.2) is 5.69 Å². The van der Waals surface area contributed by atoms with E-state index < -0.39 is 39.3 Å². The van der Waals surface area contributed by atoms with Crippen LogP contribution in [0.3, 0.4) is 0 Å². The molecule has 0 radical (unpaired) electrons. The molecule has 0 saturated carbocycles. The second kappa shape index (κ2) is 11.4. The minimum Gasteiger partial charge on any atom is -0.354 e. The number of halogens is 3. The van der Waals surface area contributed by atoms with Crippen molar-refractivity contribution in [3.05, 3.63) is 78.1 Å². The van der Waals surface area contributed by atoms with Gasteiger partial charge in [0.05, 0.1) is 16.1 Å². The molecule has 202 valence electrons. The van der Waals surface area contributed by atoms with Crippen LogP contribution < -0.4 is 10.6 Å². The Labute approximate surface area is 217 Å². The fourth-order valence-corrected chi connectivity index (χ4v) is 5.65. The van der Waals surface area contributed by atoms with Gasteiger partial charge in [0.1, 0.15) is 0 Å². The van der Waals surface area contributed by atoms with Crippen LogP contribution in [-0.2, 0) is 21.0 Å². The number of piperidine rings is 1. The van der Waals surface area contributed by atoms with E-state index in [4.69, 9.17) is 0 Å². The summed E-state index contributed by atoms with van der Waals surface area (Å²) in [7, 11) is -3.63. The number of hydrogen-bond donors (Lipinski definition) is 2. The molecule has 1 fully saturated rings. The standard InChI is InChI=1S/C25H26F3N5O4S/c26-25(27,28)22-21(17-33(31-22)19-7-3-1-4-8-19)24(35)30-14-13-29-23(34)18-11-15-32(16-12-18)38(36,37)20-9-5-2-6-10-20/h1-10,17-18H,11-16H2,(H,29,34)(H,30,35). The molecule has 1 aliphatic rings. The molecule has 2 aromatic carbocycles. The van der Waals surface area contributed by atoms with Gasteiger partial charge in [-0.2, -0.15) is 22.6 Å². The molecule has 2 N–H and O–H groups in total. The van der Waals surface area contributed by atoms with Crippen LogP contribution in [-0.4, -0.2) is 60.5 Å². The van der Waals surface area contributed by atoms with Crippen molar-refractivity contribution >= 4 is 21.8 Å². The fraction of sp³-hybridized carbons (Fsp3) is 0.320. The summed E-state index contributed by atoms with van der Waals surface area (Å²) < 4.78 is 68.2. The summed E-state index contributed by atoms with van der Waals surface area (Å²) in [4.78, 5) is 25.2. The predicted molar refractivity (Wildman–Crippen MR) is 132 cm³/mol. The van der Waals surface area contributed by atoms with Crippen molar-refractivity contribution in [2.45, 2.75) is 23.9 Å². The van der Waals surface area contributed by atoms with Crippen molar-refractivity contribution in [3.8, 4) is 5.69 Å². The van der Waals surface area contributed by atoms with Crippen molar-refractivity contribution < 1.29 is 31.2 Å². The first-order chi connectivity index (χ1) is 18.1. The van der Waals surface area contributed by atoms with Crippen LogP contribution in [0.4, 0.5) is 13.2 Å². The van der Waals surface area contributed by atoms with E-state index in [1.165, 1.54) is 16.4 Å². The fourth-order valence-electron chi connectivity index (χ4n) is 4.16. The molecule has 1 aromatic heterocycles. The smallest absolute Gasteiger partial charge is 0.354 e. The maximum Gasteiger partial charge on any atom is 0.435 e. The van der Waals surface area contributed by atoms with Crippen LogP contribution in [0.15, 0.2) is 71.8 Å². The van der Waals surface area contributed by atoms with Gasteiger partial charge in [-0.1, -0.05) is 36.4 Å². The minimum absolute atomic E-state index is 0.00127. The number of benzene rings is 2. The van der Waals surface area contributed by atoms with Gasteiger partial charge >= 0.3 is 6.18 Å². The molecule has 9 nitrogen and oxygen atoms in total. The third-order valence-electron chi connectivity index (χ3n) is 6.16. The zero-order valence-corrected chi connectivity index (χ0v) is 21.0. The van der Waals surface area contributed by atoms with E-state index in [-0.39, 0.29) is 37.0 Å². The molecule has 0 atom stereocenters. The number of nitrogens with zero attached hydrogens (tertiary/aromatic N) is 3. The monoisotopic (exact) mass is 549 g/mol. The molecule has 3 aromatic rings. The quantitative estimate of drug-likeness (QED) is 0.420. The van der Waals surface area contributed by atoms with Gasteiger partial charge in [-0.15, -0.1) is 0 Å². The van der Waals surface area contributed by atoms with E-state index in [1.807, 2.05) is 0 Å². The van der Waals surface area contributed by atoms with Gasteiger partial charge in [0, 0.05) is 38.3 Å². The first-order valence-electron chi connectivity index (χ1n) is 11.9. The number of amides is 2. The summed E-state index contributed by atoms with van der Waals surface area (Å²) in [6, 6.07) is 16.2. The lowest BCUT2D eigenvalue weighted by Gasteiger charge is -2.30. The molecular formula is C25H26F3N5O4S. The van der Waals surface area contributed by atoms with Crippen LogP contribution in [0.1, 0.15) is 28.9 Å². The molecular weight excluding hydrogens is 523 g/mol. The van der Waals surface area contributed by atoms with Crippen LogP contribution >= 0.6 is 0 Å². The molecule has 0 aliphatic carbocycles. The van der Waals surface area contributed by atoms with E-state index in [1.54, 1.807) is 48.5 Å². The molecule has 4 rings (SSSR count). The molecule has 38 heavy (non-hydrogen) atoms. The van der Waals surface area contributed by atoms with Crippen LogP contribution in [0.25, 0.3) is 5.69 Å². The maximum absolute atomic E-state index is 13.5. The number of hydrogen-bond acceptors (Lipinski definition) is 5. The molecule has 2 amide bonds. The van der Waals surface area contributed by atoms with E-state index in [0.717, 1.165) is 10.9 Å². The van der Waals surface area contributed by atoms with Gasteiger partial charge in [-0.3, -0.25) is 9.59 Å². The minimum atomic E-state index is -4.83. The highest BCUT2D eigenvalue weighted by molar-refractivity contribution is 7.89. The van der Waals surface area contributed by atoms with Crippen LogP contribution in [0, 0.1) is 5.92 Å². The number of carbonyl (C=O) groups excluding carboxylic acids is 2. The van der Waals surface area contributed by atoms with Gasteiger partial charge < -0.3 is 10.6 Å². The Balaban J connectivity index is 1.27. The topological polar surface area (TPSA) is 113 Å². The lowest BCUT2D eigenvalue weighted by molar-refractivity contribution is -0.141. The summed E-state index contributed by atoms with van der Waals surface area (Å²) in [5, 5.41) is 8.59. The van der Waals surface area contributed by atoms with Gasteiger partial charge in [-0.25, -0.2) is 13.1 Å². The average molecular weight is 550 g/mol. The van der Waals surface area contributed by atoms with E-state index in [9.17, 15) is 31.2 Å². The lowest BCUT2D eigenvalue weighted by atomic mass is 9.97. The number of carbonyl (C=O) groups is 2. The molecule has 1 aliphatic heterocycles. The number of sulfonamides is 1. The Morgan fingerprint density at radius 2 is 1.50 bits per heavy atom. The zero-order valence-electron chi connectivity index (χ0n) is 20.2. The highest BCUT2D eigenvalue weighted by Crippen LogP contribution is 2.31. The van der Waals surface area contributed by atoms with Crippen molar-refractivity contribution in [2.75, 3.05) is 26.2 Å². The highest BCUT2D eigenvalue weighted by Gasteiger charge is 2.39. The average Bonchev–Trinajstić information content (AvgIpc) is 3.39. The highest BCUT2D eigenvalue weighted by atomic mass is 32.2. The first-order valence-corrected chi connectivity index (χ1v) is 13.3. The predicted octanol–water partition coefficient (Wildman–Crippen LogP) is 2.84. The summed E-state index contributed by atoms with van der Waals surface area (Å²) >= 11 is 0. The third kappa shape index (κ3) is 6.22. The Bertz CT molecular complexity index is 1370. The van der Waals surface area contributed by atoms with Crippen molar-refractivity contribution in [2.24, 2.45) is 5.92 Å². The normalized spacial score (nSPS) is 15.2. The number of nitrogens with one attached hydrogen (secondary N) is 2. The number of alkyl halides is 3. The van der Waals surface area contributed by atoms with E-state index in [0.29, 0.717) is 18.5 Å². The summed E-state index contributed by atoms with van der Waals surface area (Å²) in [5.74, 6) is -1.68. The van der Waals surface area contributed by atoms with E-state index >= 15 is 0 Å². The van der Waals surface area contributed by atoms with Gasteiger partial charge in [0.25, 0.3) is 5.91 Å². The Hall–Kier alpha value is -3.71. The first kappa shape index (κ1) is 27.3. The molecule has 13 heteroatoms. The van der Waals surface area contributed by atoms with Crippen molar-refractivity contribution in [3.63, 3.8) is 0 Å². The summed E-state index contributed by atoms with van der Waals surface area (Å²) in [6.07, 6.45) is -3.15. The van der Waals surface area contributed by atoms with Crippen LogP contribution in [0.2, 0.25) is 0 Å². The van der Waals surface area contributed by atoms with Gasteiger partial charge in [-0.05, 0) is 37.1 Å². The van der Waals surface area contributed by atoms with Crippen molar-refractivity contribution in [1.82, 2.24) is 24.7 Å². The summed E-state index contributed by atoms with van der Waals surface area (Å²) in [6.45, 7) is 0.288. The van der Waals surface area contributed by atoms with Gasteiger partial charge in [0.2, 0.25) is 15.9 Å². The third-order valence-corrected chi connectivity index (χ3v) is 8.08. The Morgan fingerprint density at radius 1 is 0.921 bits per heavy atom. The Morgan fingerprint density at radius 3 is 2.11 bits per heavy atom. The number of rotatable bonds is 8. The van der Waals surface area contributed by atoms with E-state index in [2.05, 4.69) is 15.7 Å². The molecule has 1 saturated heterocycles.